The summed E-state index contributed by atoms with van der Waals surface area (Å²) in [6.07, 6.45) is 9.04. The van der Waals surface area contributed by atoms with Gasteiger partial charge in [0.1, 0.15) is 0 Å². The van der Waals surface area contributed by atoms with Crippen LogP contribution in [0.25, 0.3) is 10.9 Å². The first-order valence-electron chi connectivity index (χ1n) is 13.3. The van der Waals surface area contributed by atoms with E-state index in [2.05, 4.69) is 32.3 Å². The van der Waals surface area contributed by atoms with E-state index in [0.29, 0.717) is 30.6 Å². The van der Waals surface area contributed by atoms with Gasteiger partial charge in [-0.3, -0.25) is 9.69 Å². The van der Waals surface area contributed by atoms with E-state index in [1.807, 2.05) is 22.9 Å². The van der Waals surface area contributed by atoms with Crippen molar-refractivity contribution in [3.05, 3.63) is 39.9 Å². The van der Waals surface area contributed by atoms with Crippen LogP contribution in [0.3, 0.4) is 0 Å². The Bertz CT molecular complexity index is 1260. The molecule has 0 radical (unpaired) electrons. The standard InChI is InChI=1S/C26H34N6O4/c1-2-22(25-28-29-30-32(25)15-20-9-6-10-34-20)31(19-7-4-3-5-8-19)14-18-11-17-12-23-24(36-16-35-23)13-21(17)27-26(18)33/h11-13,19-20,22H,2-10,14-16H2,1H3,(H,27,33). The lowest BCUT2D eigenvalue weighted by Crippen LogP contribution is -2.41. The first-order chi connectivity index (χ1) is 17.7. The summed E-state index contributed by atoms with van der Waals surface area (Å²) < 4.78 is 18.8. The van der Waals surface area contributed by atoms with Crippen molar-refractivity contribution in [2.45, 2.75) is 89.6 Å². The predicted octanol–water partition coefficient (Wildman–Crippen LogP) is 3.71. The van der Waals surface area contributed by atoms with E-state index in [1.54, 1.807) is 0 Å². The molecule has 1 saturated heterocycles. The third kappa shape index (κ3) is 4.59. The minimum Gasteiger partial charge on any atom is -0.454 e. The second-order valence-electron chi connectivity index (χ2n) is 10.2. The zero-order valence-corrected chi connectivity index (χ0v) is 20.8. The smallest absolute Gasteiger partial charge is 0.252 e. The zero-order valence-electron chi connectivity index (χ0n) is 20.8. The van der Waals surface area contributed by atoms with Gasteiger partial charge < -0.3 is 19.2 Å². The summed E-state index contributed by atoms with van der Waals surface area (Å²) in [4.78, 5) is 18.8. The summed E-state index contributed by atoms with van der Waals surface area (Å²) in [5.41, 5.74) is 1.42. The number of ether oxygens (including phenoxy) is 3. The molecule has 1 aliphatic carbocycles. The summed E-state index contributed by atoms with van der Waals surface area (Å²) in [7, 11) is 0. The maximum absolute atomic E-state index is 13.2. The summed E-state index contributed by atoms with van der Waals surface area (Å²) in [6, 6.07) is 6.17. The average Bonchev–Trinajstić information content (AvgIpc) is 3.67. The molecule has 3 aromatic rings. The van der Waals surface area contributed by atoms with Crippen LogP contribution in [-0.4, -0.2) is 55.6 Å². The maximum atomic E-state index is 13.2. The lowest BCUT2D eigenvalue weighted by Gasteiger charge is -2.39. The molecule has 1 N–H and O–H groups in total. The molecule has 2 unspecified atom stereocenters. The fourth-order valence-electron chi connectivity index (χ4n) is 5.99. The van der Waals surface area contributed by atoms with Gasteiger partial charge in [0.2, 0.25) is 6.79 Å². The fraction of sp³-hybridized carbons (Fsp3) is 0.615. The number of hydrogen-bond acceptors (Lipinski definition) is 8. The molecule has 6 rings (SSSR count). The van der Waals surface area contributed by atoms with Crippen molar-refractivity contribution in [3.63, 3.8) is 0 Å². The lowest BCUT2D eigenvalue weighted by atomic mass is 9.92. The lowest BCUT2D eigenvalue weighted by molar-refractivity contribution is 0.0734. The van der Waals surface area contributed by atoms with Gasteiger partial charge in [0.05, 0.1) is 24.2 Å². The van der Waals surface area contributed by atoms with Crippen LogP contribution >= 0.6 is 0 Å². The van der Waals surface area contributed by atoms with Gasteiger partial charge in [0.15, 0.2) is 17.3 Å². The molecule has 10 heteroatoms. The third-order valence-electron chi connectivity index (χ3n) is 7.86. The quantitative estimate of drug-likeness (QED) is 0.505. The molecule has 0 amide bonds. The molecule has 36 heavy (non-hydrogen) atoms. The Balaban J connectivity index is 1.34. The highest BCUT2D eigenvalue weighted by Gasteiger charge is 2.33. The molecule has 3 aliphatic rings. The summed E-state index contributed by atoms with van der Waals surface area (Å²) in [6.45, 7) is 4.39. The predicted molar refractivity (Wildman–Crippen MR) is 133 cm³/mol. The number of nitrogens with zero attached hydrogens (tertiary/aromatic N) is 5. The Labute approximate surface area is 209 Å². The van der Waals surface area contributed by atoms with Crippen molar-refractivity contribution in [2.24, 2.45) is 0 Å². The van der Waals surface area contributed by atoms with Crippen molar-refractivity contribution in [3.8, 4) is 11.5 Å². The van der Waals surface area contributed by atoms with Gasteiger partial charge >= 0.3 is 0 Å². The number of aromatic amines is 1. The zero-order chi connectivity index (χ0) is 24.5. The molecule has 2 aromatic heterocycles. The van der Waals surface area contributed by atoms with Crippen LogP contribution in [0.15, 0.2) is 23.0 Å². The minimum atomic E-state index is -0.0732. The Morgan fingerprint density at radius 2 is 1.94 bits per heavy atom. The molecule has 4 heterocycles. The maximum Gasteiger partial charge on any atom is 0.252 e. The fourth-order valence-corrected chi connectivity index (χ4v) is 5.99. The molecule has 1 saturated carbocycles. The number of rotatable bonds is 8. The van der Waals surface area contributed by atoms with Crippen LogP contribution < -0.4 is 15.0 Å². The molecule has 1 aromatic carbocycles. The van der Waals surface area contributed by atoms with Crippen LogP contribution in [-0.2, 0) is 17.8 Å². The van der Waals surface area contributed by atoms with E-state index < -0.39 is 0 Å². The van der Waals surface area contributed by atoms with Crippen LogP contribution in [0, 0.1) is 0 Å². The molecule has 192 valence electrons. The summed E-state index contributed by atoms with van der Waals surface area (Å²) in [5.74, 6) is 2.24. The van der Waals surface area contributed by atoms with Gasteiger partial charge in [-0.1, -0.05) is 26.2 Å². The average molecular weight is 495 g/mol. The van der Waals surface area contributed by atoms with Crippen LogP contribution in [0.5, 0.6) is 11.5 Å². The van der Waals surface area contributed by atoms with Crippen molar-refractivity contribution in [1.82, 2.24) is 30.1 Å². The van der Waals surface area contributed by atoms with E-state index in [9.17, 15) is 4.79 Å². The summed E-state index contributed by atoms with van der Waals surface area (Å²) in [5, 5.41) is 13.8. The highest BCUT2D eigenvalue weighted by atomic mass is 16.7. The molecular weight excluding hydrogens is 460 g/mol. The molecular formula is C26H34N6O4. The molecule has 2 fully saturated rings. The number of benzene rings is 1. The van der Waals surface area contributed by atoms with E-state index in [0.717, 1.165) is 61.0 Å². The molecule has 10 nitrogen and oxygen atoms in total. The highest BCUT2D eigenvalue weighted by molar-refractivity contribution is 5.83. The molecule has 2 aliphatic heterocycles. The topological polar surface area (TPSA) is 107 Å². The number of aromatic nitrogens is 5. The van der Waals surface area contributed by atoms with Crippen molar-refractivity contribution < 1.29 is 14.2 Å². The minimum absolute atomic E-state index is 0.0105. The Morgan fingerprint density at radius 3 is 2.72 bits per heavy atom. The normalized spacial score (nSPS) is 21.0. The SMILES string of the molecule is CCC(c1nnnn1CC1CCCO1)N(Cc1cc2cc3c(cc2[nH]c1=O)OCO3)C1CCCCC1. The van der Waals surface area contributed by atoms with Gasteiger partial charge in [0.25, 0.3) is 5.56 Å². The third-order valence-corrected chi connectivity index (χ3v) is 7.86. The molecule has 0 spiro atoms. The van der Waals surface area contributed by atoms with E-state index in [-0.39, 0.29) is 24.5 Å². The Kier molecular flexibility index (Phi) is 6.62. The van der Waals surface area contributed by atoms with Gasteiger partial charge in [-0.25, -0.2) is 4.68 Å². The van der Waals surface area contributed by atoms with Gasteiger partial charge in [-0.2, -0.15) is 0 Å². The van der Waals surface area contributed by atoms with Gasteiger partial charge in [0, 0.05) is 36.2 Å². The number of pyridine rings is 1. The van der Waals surface area contributed by atoms with E-state index >= 15 is 0 Å². The first kappa shape index (κ1) is 23.4. The van der Waals surface area contributed by atoms with Crippen molar-refractivity contribution >= 4 is 10.9 Å². The molecule has 2 atom stereocenters. The largest absolute Gasteiger partial charge is 0.454 e. The number of hydrogen-bond donors (Lipinski definition) is 1. The van der Waals surface area contributed by atoms with Gasteiger partial charge in [-0.15, -0.1) is 5.10 Å². The van der Waals surface area contributed by atoms with Crippen LogP contribution in [0.4, 0.5) is 0 Å². The number of H-pyrrole nitrogens is 1. The van der Waals surface area contributed by atoms with Crippen LogP contribution in [0.2, 0.25) is 0 Å². The van der Waals surface area contributed by atoms with E-state index in [1.165, 1.54) is 19.3 Å². The summed E-state index contributed by atoms with van der Waals surface area (Å²) >= 11 is 0. The highest BCUT2D eigenvalue weighted by Crippen LogP contribution is 2.36. The van der Waals surface area contributed by atoms with Crippen molar-refractivity contribution in [1.29, 1.82) is 0 Å². The Hall–Kier alpha value is -2.98. The van der Waals surface area contributed by atoms with Gasteiger partial charge in [-0.05, 0) is 54.7 Å². The van der Waals surface area contributed by atoms with E-state index in [4.69, 9.17) is 14.2 Å². The second kappa shape index (κ2) is 10.2. The number of nitrogens with one attached hydrogen (secondary N) is 1. The number of tetrazole rings is 1. The molecule has 0 bridgehead atoms. The first-order valence-corrected chi connectivity index (χ1v) is 13.3. The monoisotopic (exact) mass is 494 g/mol. The number of fused-ring (bicyclic) bond motifs is 2. The Morgan fingerprint density at radius 1 is 1.11 bits per heavy atom. The van der Waals surface area contributed by atoms with Crippen molar-refractivity contribution in [2.75, 3.05) is 13.4 Å². The van der Waals surface area contributed by atoms with Crippen LogP contribution in [0.1, 0.15) is 75.7 Å². The second-order valence-corrected chi connectivity index (χ2v) is 10.2.